The molecule has 1 heterocycles. The first-order valence-electron chi connectivity index (χ1n) is 5.24. The summed E-state index contributed by atoms with van der Waals surface area (Å²) in [7, 11) is 0. The minimum Gasteiger partial charge on any atom is -0.315 e. The molecule has 3 heteroatoms. The van der Waals surface area contributed by atoms with Crippen LogP contribution in [0.3, 0.4) is 0 Å². The zero-order valence-corrected chi connectivity index (χ0v) is 9.86. The Balaban J connectivity index is 1.90. The molecule has 0 spiro atoms. The fourth-order valence-corrected chi connectivity index (χ4v) is 1.94. The molecule has 2 N–H and O–H groups in total. The number of hydrogen-bond acceptors (Lipinski definition) is 3. The molecule has 0 bridgehead atoms. The highest BCUT2D eigenvalue weighted by molar-refractivity contribution is 7.07. The molecule has 2 nitrogen and oxygen atoms in total. The molecule has 1 aromatic heterocycles. The van der Waals surface area contributed by atoms with Crippen molar-refractivity contribution < 1.29 is 0 Å². The second kappa shape index (κ2) is 6.98. The fourth-order valence-electron chi connectivity index (χ4n) is 1.24. The number of hydrogen-bond donors (Lipinski definition) is 2. The molecule has 0 amide bonds. The van der Waals surface area contributed by atoms with Gasteiger partial charge in [-0.2, -0.15) is 11.3 Å². The Morgan fingerprint density at radius 1 is 1.29 bits per heavy atom. The van der Waals surface area contributed by atoms with E-state index < -0.39 is 0 Å². The Morgan fingerprint density at radius 3 is 2.79 bits per heavy atom. The van der Waals surface area contributed by atoms with Crippen molar-refractivity contribution in [3.05, 3.63) is 22.4 Å². The van der Waals surface area contributed by atoms with Crippen molar-refractivity contribution in [2.75, 3.05) is 19.6 Å². The van der Waals surface area contributed by atoms with Crippen molar-refractivity contribution in [2.24, 2.45) is 0 Å². The SMILES string of the molecule is CC(C)NCCNCCc1ccsc1. The molecule has 80 valence electrons. The lowest BCUT2D eigenvalue weighted by Crippen LogP contribution is -2.32. The minimum atomic E-state index is 0.591. The first kappa shape index (κ1) is 11.7. The molecule has 0 saturated carbocycles. The van der Waals surface area contributed by atoms with E-state index in [1.54, 1.807) is 11.3 Å². The Morgan fingerprint density at radius 2 is 2.14 bits per heavy atom. The molecule has 0 atom stereocenters. The monoisotopic (exact) mass is 212 g/mol. The maximum atomic E-state index is 3.42. The van der Waals surface area contributed by atoms with Crippen LogP contribution in [0, 0.1) is 0 Å². The fraction of sp³-hybridized carbons (Fsp3) is 0.636. The van der Waals surface area contributed by atoms with Crippen LogP contribution in [0.15, 0.2) is 16.8 Å². The van der Waals surface area contributed by atoms with Crippen LogP contribution in [0.4, 0.5) is 0 Å². The van der Waals surface area contributed by atoms with Gasteiger partial charge >= 0.3 is 0 Å². The summed E-state index contributed by atoms with van der Waals surface area (Å²) in [5.74, 6) is 0. The molecule has 1 aromatic rings. The molecule has 0 fully saturated rings. The third-order valence-corrected chi connectivity index (χ3v) is 2.76. The van der Waals surface area contributed by atoms with Crippen molar-refractivity contribution in [1.29, 1.82) is 0 Å². The maximum absolute atomic E-state index is 3.42. The number of thiophene rings is 1. The number of rotatable bonds is 7. The van der Waals surface area contributed by atoms with Gasteiger partial charge in [0.15, 0.2) is 0 Å². The third-order valence-electron chi connectivity index (χ3n) is 2.02. The second-order valence-corrected chi connectivity index (χ2v) is 4.52. The quantitative estimate of drug-likeness (QED) is 0.674. The Hall–Kier alpha value is -0.380. The molecule has 0 aliphatic rings. The molecule has 0 saturated heterocycles. The van der Waals surface area contributed by atoms with E-state index in [0.717, 1.165) is 26.1 Å². The minimum absolute atomic E-state index is 0.591. The largest absolute Gasteiger partial charge is 0.315 e. The molecule has 0 radical (unpaired) electrons. The molecule has 0 aromatic carbocycles. The summed E-state index contributed by atoms with van der Waals surface area (Å²) in [6, 6.07) is 2.78. The molecular formula is C11H20N2S. The van der Waals surface area contributed by atoms with E-state index in [4.69, 9.17) is 0 Å². The van der Waals surface area contributed by atoms with Gasteiger partial charge in [0.1, 0.15) is 0 Å². The van der Waals surface area contributed by atoms with Gasteiger partial charge in [0, 0.05) is 19.1 Å². The summed E-state index contributed by atoms with van der Waals surface area (Å²) < 4.78 is 0. The third kappa shape index (κ3) is 5.37. The predicted octanol–water partition coefficient (Wildman–Crippen LogP) is 1.88. The molecular weight excluding hydrogens is 192 g/mol. The van der Waals surface area contributed by atoms with Gasteiger partial charge in [-0.05, 0) is 35.4 Å². The van der Waals surface area contributed by atoms with E-state index in [1.165, 1.54) is 5.56 Å². The standard InChI is InChI=1S/C11H20N2S/c1-10(2)13-7-6-12-5-3-11-4-8-14-9-11/h4,8-10,12-13H,3,5-7H2,1-2H3. The highest BCUT2D eigenvalue weighted by Gasteiger charge is 1.93. The van der Waals surface area contributed by atoms with Gasteiger partial charge in [0.05, 0.1) is 0 Å². The predicted molar refractivity (Wildman–Crippen MR) is 64.0 cm³/mol. The van der Waals surface area contributed by atoms with E-state index in [2.05, 4.69) is 41.3 Å². The Labute approximate surface area is 90.7 Å². The van der Waals surface area contributed by atoms with E-state index in [-0.39, 0.29) is 0 Å². The van der Waals surface area contributed by atoms with Crippen molar-refractivity contribution in [2.45, 2.75) is 26.3 Å². The van der Waals surface area contributed by atoms with Crippen LogP contribution in [0.5, 0.6) is 0 Å². The summed E-state index contributed by atoms with van der Waals surface area (Å²) in [6.45, 7) is 7.54. The van der Waals surface area contributed by atoms with Crippen LogP contribution in [0.2, 0.25) is 0 Å². The molecule has 0 unspecified atom stereocenters. The van der Waals surface area contributed by atoms with Crippen LogP contribution < -0.4 is 10.6 Å². The highest BCUT2D eigenvalue weighted by Crippen LogP contribution is 2.05. The lowest BCUT2D eigenvalue weighted by atomic mass is 10.2. The Kier molecular flexibility index (Phi) is 5.83. The van der Waals surface area contributed by atoms with Crippen LogP contribution in [0.25, 0.3) is 0 Å². The topological polar surface area (TPSA) is 24.1 Å². The summed E-state index contributed by atoms with van der Waals surface area (Å²) >= 11 is 1.77. The zero-order valence-electron chi connectivity index (χ0n) is 9.05. The van der Waals surface area contributed by atoms with Gasteiger partial charge in [-0.1, -0.05) is 13.8 Å². The lowest BCUT2D eigenvalue weighted by molar-refractivity contribution is 0.557. The van der Waals surface area contributed by atoms with Crippen LogP contribution in [-0.2, 0) is 6.42 Å². The molecule has 1 rings (SSSR count). The van der Waals surface area contributed by atoms with Crippen molar-refractivity contribution in [3.63, 3.8) is 0 Å². The zero-order chi connectivity index (χ0) is 10.2. The van der Waals surface area contributed by atoms with Gasteiger partial charge in [-0.15, -0.1) is 0 Å². The van der Waals surface area contributed by atoms with Crippen molar-refractivity contribution >= 4 is 11.3 Å². The second-order valence-electron chi connectivity index (χ2n) is 3.74. The summed E-state index contributed by atoms with van der Waals surface area (Å²) in [6.07, 6.45) is 1.14. The maximum Gasteiger partial charge on any atom is 0.00790 e. The van der Waals surface area contributed by atoms with E-state index >= 15 is 0 Å². The summed E-state index contributed by atoms with van der Waals surface area (Å²) in [5.41, 5.74) is 1.44. The van der Waals surface area contributed by atoms with Crippen LogP contribution >= 0.6 is 11.3 Å². The number of nitrogens with one attached hydrogen (secondary N) is 2. The average molecular weight is 212 g/mol. The van der Waals surface area contributed by atoms with Gasteiger partial charge in [0.2, 0.25) is 0 Å². The molecule has 14 heavy (non-hydrogen) atoms. The highest BCUT2D eigenvalue weighted by atomic mass is 32.1. The van der Waals surface area contributed by atoms with Gasteiger partial charge < -0.3 is 10.6 Å². The van der Waals surface area contributed by atoms with Gasteiger partial charge in [-0.3, -0.25) is 0 Å². The van der Waals surface area contributed by atoms with E-state index in [1.807, 2.05) is 0 Å². The van der Waals surface area contributed by atoms with Gasteiger partial charge in [0.25, 0.3) is 0 Å². The summed E-state index contributed by atoms with van der Waals surface area (Å²) in [5, 5.41) is 11.2. The average Bonchev–Trinajstić information content (AvgIpc) is 2.63. The first-order valence-corrected chi connectivity index (χ1v) is 6.18. The smallest absolute Gasteiger partial charge is 0.00790 e. The van der Waals surface area contributed by atoms with Crippen LogP contribution in [0.1, 0.15) is 19.4 Å². The van der Waals surface area contributed by atoms with Gasteiger partial charge in [-0.25, -0.2) is 0 Å². The Bertz CT molecular complexity index is 219. The normalized spacial score (nSPS) is 11.1. The van der Waals surface area contributed by atoms with E-state index in [0.29, 0.717) is 6.04 Å². The van der Waals surface area contributed by atoms with Crippen molar-refractivity contribution in [1.82, 2.24) is 10.6 Å². The summed E-state index contributed by atoms with van der Waals surface area (Å²) in [4.78, 5) is 0. The van der Waals surface area contributed by atoms with E-state index in [9.17, 15) is 0 Å². The van der Waals surface area contributed by atoms with Crippen LogP contribution in [-0.4, -0.2) is 25.7 Å². The molecule has 0 aliphatic carbocycles. The van der Waals surface area contributed by atoms with Crippen molar-refractivity contribution in [3.8, 4) is 0 Å². The lowest BCUT2D eigenvalue weighted by Gasteiger charge is -2.08. The molecule has 0 aliphatic heterocycles. The first-order chi connectivity index (χ1) is 6.79.